The summed E-state index contributed by atoms with van der Waals surface area (Å²) >= 11 is 1.74. The Morgan fingerprint density at radius 1 is 1.17 bits per heavy atom. The van der Waals surface area contributed by atoms with Crippen molar-refractivity contribution in [1.29, 1.82) is 0 Å². The van der Waals surface area contributed by atoms with Crippen LogP contribution in [0, 0.1) is 6.92 Å². The third kappa shape index (κ3) is 4.22. The molecule has 0 aliphatic carbocycles. The summed E-state index contributed by atoms with van der Waals surface area (Å²) in [5.41, 5.74) is 4.88. The summed E-state index contributed by atoms with van der Waals surface area (Å²) in [4.78, 5) is 4.62. The predicted octanol–water partition coefficient (Wildman–Crippen LogP) is 4.53. The lowest BCUT2D eigenvalue weighted by molar-refractivity contribution is 0.413. The summed E-state index contributed by atoms with van der Waals surface area (Å²) in [6.07, 6.45) is 2.81. The van der Waals surface area contributed by atoms with Crippen LogP contribution < -0.4 is 10.1 Å². The first-order valence-electron chi connectivity index (χ1n) is 8.05. The van der Waals surface area contributed by atoms with E-state index in [1.165, 1.54) is 16.7 Å². The first-order valence-corrected chi connectivity index (χ1v) is 8.99. The van der Waals surface area contributed by atoms with Gasteiger partial charge in [0.15, 0.2) is 0 Å². The Morgan fingerprint density at radius 3 is 2.83 bits per heavy atom. The van der Waals surface area contributed by atoms with E-state index in [1.54, 1.807) is 18.4 Å². The van der Waals surface area contributed by atoms with Crippen LogP contribution in [0.5, 0.6) is 5.75 Å². The average Bonchev–Trinajstić information content (AvgIpc) is 3.12. The van der Waals surface area contributed by atoms with E-state index < -0.39 is 0 Å². The van der Waals surface area contributed by atoms with Crippen molar-refractivity contribution < 1.29 is 4.74 Å². The van der Waals surface area contributed by atoms with Crippen molar-refractivity contribution in [3.05, 3.63) is 81.8 Å². The lowest BCUT2D eigenvalue weighted by atomic mass is 10.0. The number of thiophene rings is 1. The lowest BCUT2D eigenvalue weighted by Gasteiger charge is -2.20. The highest BCUT2D eigenvalue weighted by atomic mass is 32.1. The van der Waals surface area contributed by atoms with Gasteiger partial charge in [0.1, 0.15) is 5.75 Å². The van der Waals surface area contributed by atoms with Gasteiger partial charge in [-0.25, -0.2) is 0 Å². The van der Waals surface area contributed by atoms with Crippen LogP contribution in [-0.2, 0) is 13.0 Å². The van der Waals surface area contributed by atoms with Crippen LogP contribution in [0.1, 0.15) is 28.4 Å². The van der Waals surface area contributed by atoms with Gasteiger partial charge in [0.2, 0.25) is 0 Å². The van der Waals surface area contributed by atoms with E-state index in [4.69, 9.17) is 4.74 Å². The van der Waals surface area contributed by atoms with Crippen molar-refractivity contribution in [2.45, 2.75) is 25.9 Å². The van der Waals surface area contributed by atoms with Gasteiger partial charge in [-0.3, -0.25) is 4.98 Å². The zero-order valence-electron chi connectivity index (χ0n) is 14.0. The molecule has 24 heavy (non-hydrogen) atoms. The topological polar surface area (TPSA) is 34.1 Å². The van der Waals surface area contributed by atoms with Gasteiger partial charge in [-0.1, -0.05) is 18.2 Å². The molecule has 0 unspecified atom stereocenters. The Kier molecular flexibility index (Phi) is 5.62. The van der Waals surface area contributed by atoms with Crippen molar-refractivity contribution >= 4 is 11.3 Å². The molecule has 2 aromatic heterocycles. The maximum Gasteiger partial charge on any atom is 0.119 e. The number of nitrogens with one attached hydrogen (secondary N) is 1. The van der Waals surface area contributed by atoms with Crippen molar-refractivity contribution in [1.82, 2.24) is 10.3 Å². The minimum absolute atomic E-state index is 0.187. The molecule has 0 fully saturated rings. The Labute approximate surface area is 147 Å². The van der Waals surface area contributed by atoms with Gasteiger partial charge in [0.05, 0.1) is 18.8 Å². The smallest absolute Gasteiger partial charge is 0.119 e. The minimum Gasteiger partial charge on any atom is -0.497 e. The van der Waals surface area contributed by atoms with E-state index in [9.17, 15) is 0 Å². The minimum atomic E-state index is 0.187. The Hall–Kier alpha value is -2.17. The van der Waals surface area contributed by atoms with E-state index in [0.29, 0.717) is 0 Å². The summed E-state index contributed by atoms with van der Waals surface area (Å²) in [6, 6.07) is 14.7. The molecule has 0 radical (unpaired) electrons. The number of rotatable bonds is 7. The fraction of sp³-hybridized carbons (Fsp3) is 0.250. The van der Waals surface area contributed by atoms with E-state index in [0.717, 1.165) is 24.4 Å². The average molecular weight is 338 g/mol. The first-order chi connectivity index (χ1) is 11.8. The van der Waals surface area contributed by atoms with Gasteiger partial charge < -0.3 is 10.1 Å². The molecule has 0 aliphatic heterocycles. The standard InChI is InChI=1S/C20H22N2OS/c1-15-5-4-9-21-20(15)19(12-17-8-10-24-14-17)22-13-16-6-3-7-18(11-16)23-2/h3-11,14,19,22H,12-13H2,1-2H3/t19-/m0/s1. The van der Waals surface area contributed by atoms with Gasteiger partial charge in [-0.05, 0) is 65.1 Å². The largest absolute Gasteiger partial charge is 0.497 e. The molecule has 0 amide bonds. The second kappa shape index (κ2) is 8.08. The molecule has 1 atom stereocenters. The van der Waals surface area contributed by atoms with Gasteiger partial charge >= 0.3 is 0 Å². The molecule has 1 N–H and O–H groups in total. The second-order valence-corrected chi connectivity index (χ2v) is 6.61. The van der Waals surface area contributed by atoms with Crippen LogP contribution >= 0.6 is 11.3 Å². The van der Waals surface area contributed by atoms with Gasteiger partial charge in [0.25, 0.3) is 0 Å². The number of nitrogens with zero attached hydrogens (tertiary/aromatic N) is 1. The van der Waals surface area contributed by atoms with E-state index in [2.05, 4.69) is 52.3 Å². The molecule has 0 aliphatic rings. The van der Waals surface area contributed by atoms with Gasteiger partial charge in [-0.15, -0.1) is 0 Å². The number of aromatic nitrogens is 1. The molecule has 1 aromatic carbocycles. The number of ether oxygens (including phenoxy) is 1. The molecule has 0 saturated heterocycles. The number of hydrogen-bond acceptors (Lipinski definition) is 4. The fourth-order valence-corrected chi connectivity index (χ4v) is 3.48. The Morgan fingerprint density at radius 2 is 2.08 bits per heavy atom. The molecule has 0 spiro atoms. The van der Waals surface area contributed by atoms with E-state index >= 15 is 0 Å². The van der Waals surface area contributed by atoms with Crippen LogP contribution in [0.3, 0.4) is 0 Å². The number of benzene rings is 1. The molecule has 3 rings (SSSR count). The van der Waals surface area contributed by atoms with E-state index in [-0.39, 0.29) is 6.04 Å². The third-order valence-corrected chi connectivity index (χ3v) is 4.82. The van der Waals surface area contributed by atoms with Crippen LogP contribution in [-0.4, -0.2) is 12.1 Å². The van der Waals surface area contributed by atoms with Crippen LogP contribution in [0.15, 0.2) is 59.4 Å². The molecule has 2 heterocycles. The maximum atomic E-state index is 5.31. The van der Waals surface area contributed by atoms with Crippen molar-refractivity contribution in [2.24, 2.45) is 0 Å². The number of hydrogen-bond donors (Lipinski definition) is 1. The molecule has 0 bridgehead atoms. The molecular weight excluding hydrogens is 316 g/mol. The monoisotopic (exact) mass is 338 g/mol. The number of aryl methyl sites for hydroxylation is 1. The Balaban J connectivity index is 1.78. The zero-order valence-corrected chi connectivity index (χ0v) is 14.8. The van der Waals surface area contributed by atoms with Crippen molar-refractivity contribution in [3.63, 3.8) is 0 Å². The first kappa shape index (κ1) is 16.7. The van der Waals surface area contributed by atoms with Gasteiger partial charge in [0, 0.05) is 12.7 Å². The SMILES string of the molecule is COc1cccc(CN[C@@H](Cc2ccsc2)c2ncccc2C)c1. The fourth-order valence-electron chi connectivity index (χ4n) is 2.80. The lowest BCUT2D eigenvalue weighted by Crippen LogP contribution is -2.24. The van der Waals surface area contributed by atoms with E-state index in [1.807, 2.05) is 24.4 Å². The maximum absolute atomic E-state index is 5.31. The molecule has 3 nitrogen and oxygen atoms in total. The summed E-state index contributed by atoms with van der Waals surface area (Å²) in [7, 11) is 1.70. The number of methoxy groups -OCH3 is 1. The summed E-state index contributed by atoms with van der Waals surface area (Å²) in [6.45, 7) is 2.90. The van der Waals surface area contributed by atoms with Crippen molar-refractivity contribution in [3.8, 4) is 5.75 Å². The van der Waals surface area contributed by atoms with Crippen molar-refractivity contribution in [2.75, 3.05) is 7.11 Å². The molecule has 3 aromatic rings. The van der Waals surface area contributed by atoms with Crippen LogP contribution in [0.2, 0.25) is 0 Å². The number of pyridine rings is 1. The van der Waals surface area contributed by atoms with Gasteiger partial charge in [-0.2, -0.15) is 11.3 Å². The summed E-state index contributed by atoms with van der Waals surface area (Å²) in [5, 5.41) is 8.00. The summed E-state index contributed by atoms with van der Waals surface area (Å²) in [5.74, 6) is 0.887. The van der Waals surface area contributed by atoms with Crippen LogP contribution in [0.25, 0.3) is 0 Å². The normalized spacial score (nSPS) is 12.1. The summed E-state index contributed by atoms with van der Waals surface area (Å²) < 4.78 is 5.31. The quantitative estimate of drug-likeness (QED) is 0.687. The molecule has 4 heteroatoms. The van der Waals surface area contributed by atoms with Crippen LogP contribution in [0.4, 0.5) is 0 Å². The second-order valence-electron chi connectivity index (χ2n) is 5.83. The molecule has 124 valence electrons. The Bertz CT molecular complexity index is 771. The zero-order chi connectivity index (χ0) is 16.8. The highest BCUT2D eigenvalue weighted by molar-refractivity contribution is 7.07. The third-order valence-electron chi connectivity index (χ3n) is 4.09. The molecular formula is C20H22N2OS. The highest BCUT2D eigenvalue weighted by Gasteiger charge is 2.16. The highest BCUT2D eigenvalue weighted by Crippen LogP contribution is 2.22. The predicted molar refractivity (Wildman–Crippen MR) is 99.6 cm³/mol. The molecule has 0 saturated carbocycles.